The van der Waals surface area contributed by atoms with Gasteiger partial charge in [0.15, 0.2) is 0 Å². The van der Waals surface area contributed by atoms with Crippen LogP contribution in [0.3, 0.4) is 0 Å². The number of rotatable bonds is 6. The number of nitrogens with one attached hydrogen (secondary N) is 2. The third-order valence-corrected chi connectivity index (χ3v) is 3.25. The average Bonchev–Trinajstić information content (AvgIpc) is 2.58. The first-order valence-corrected chi connectivity index (χ1v) is 6.41. The van der Waals surface area contributed by atoms with E-state index in [0.29, 0.717) is 12.1 Å². The van der Waals surface area contributed by atoms with Crippen LogP contribution in [0.4, 0.5) is 0 Å². The van der Waals surface area contributed by atoms with Crippen molar-refractivity contribution in [1.82, 2.24) is 10.6 Å². The normalized spacial score (nSPS) is 13.4. The van der Waals surface area contributed by atoms with Crippen molar-refractivity contribution in [2.24, 2.45) is 0 Å². The summed E-state index contributed by atoms with van der Waals surface area (Å²) < 4.78 is 0. The van der Waals surface area contributed by atoms with E-state index in [1.54, 1.807) is 0 Å². The molecule has 86 valence electrons. The fourth-order valence-electron chi connectivity index (χ4n) is 1.34. The van der Waals surface area contributed by atoms with Crippen LogP contribution in [0.1, 0.15) is 30.5 Å². The second-order valence-corrected chi connectivity index (χ2v) is 5.73. The second kappa shape index (κ2) is 6.26. The van der Waals surface area contributed by atoms with Gasteiger partial charge in [0.05, 0.1) is 0 Å². The van der Waals surface area contributed by atoms with Crippen LogP contribution >= 0.6 is 11.3 Å². The Labute approximate surface area is 97.1 Å². The SMILES string of the molecule is Cc1ccc(CNC(C)CNC(C)C)s1. The summed E-state index contributed by atoms with van der Waals surface area (Å²) in [6, 6.07) is 5.47. The molecule has 1 heterocycles. The summed E-state index contributed by atoms with van der Waals surface area (Å²) in [5, 5.41) is 6.94. The maximum absolute atomic E-state index is 3.52. The predicted molar refractivity (Wildman–Crippen MR) is 68.5 cm³/mol. The monoisotopic (exact) mass is 226 g/mol. The van der Waals surface area contributed by atoms with Gasteiger partial charge in [-0.15, -0.1) is 11.3 Å². The molecule has 3 heteroatoms. The predicted octanol–water partition coefficient (Wildman–Crippen LogP) is 2.53. The van der Waals surface area contributed by atoms with Gasteiger partial charge < -0.3 is 10.6 Å². The van der Waals surface area contributed by atoms with Crippen molar-refractivity contribution in [2.75, 3.05) is 6.54 Å². The van der Waals surface area contributed by atoms with Crippen molar-refractivity contribution in [1.29, 1.82) is 0 Å². The first kappa shape index (κ1) is 12.7. The Kier molecular flexibility index (Phi) is 5.29. The van der Waals surface area contributed by atoms with E-state index >= 15 is 0 Å². The Morgan fingerprint density at radius 1 is 1.20 bits per heavy atom. The van der Waals surface area contributed by atoms with E-state index in [2.05, 4.69) is 50.5 Å². The first-order chi connectivity index (χ1) is 7.08. The molecule has 0 spiro atoms. The molecule has 0 radical (unpaired) electrons. The van der Waals surface area contributed by atoms with Crippen molar-refractivity contribution in [3.63, 3.8) is 0 Å². The van der Waals surface area contributed by atoms with Crippen LogP contribution in [0.2, 0.25) is 0 Å². The number of thiophene rings is 1. The van der Waals surface area contributed by atoms with E-state index in [0.717, 1.165) is 13.1 Å². The molecule has 1 rings (SSSR count). The molecule has 2 N–H and O–H groups in total. The molecule has 0 fully saturated rings. The molecule has 0 aliphatic carbocycles. The molecule has 1 aromatic heterocycles. The van der Waals surface area contributed by atoms with Gasteiger partial charge in [-0.2, -0.15) is 0 Å². The zero-order chi connectivity index (χ0) is 11.3. The summed E-state index contributed by atoms with van der Waals surface area (Å²) in [4.78, 5) is 2.81. The zero-order valence-electron chi connectivity index (χ0n) is 10.1. The maximum Gasteiger partial charge on any atom is 0.0302 e. The number of hydrogen-bond donors (Lipinski definition) is 2. The van der Waals surface area contributed by atoms with Crippen molar-refractivity contribution in [3.8, 4) is 0 Å². The van der Waals surface area contributed by atoms with Crippen LogP contribution in [-0.4, -0.2) is 18.6 Å². The topological polar surface area (TPSA) is 24.1 Å². The van der Waals surface area contributed by atoms with Crippen molar-refractivity contribution >= 4 is 11.3 Å². The Bertz CT molecular complexity index is 281. The van der Waals surface area contributed by atoms with Gasteiger partial charge in [-0.1, -0.05) is 13.8 Å². The molecule has 1 unspecified atom stereocenters. The molecule has 0 aromatic carbocycles. The Morgan fingerprint density at radius 2 is 1.93 bits per heavy atom. The third kappa shape index (κ3) is 5.30. The van der Waals surface area contributed by atoms with Crippen molar-refractivity contribution < 1.29 is 0 Å². The van der Waals surface area contributed by atoms with E-state index in [4.69, 9.17) is 0 Å². The fraction of sp³-hybridized carbons (Fsp3) is 0.667. The molecule has 0 aliphatic heterocycles. The van der Waals surface area contributed by atoms with E-state index in [9.17, 15) is 0 Å². The summed E-state index contributed by atoms with van der Waals surface area (Å²) in [6.45, 7) is 10.7. The molecular formula is C12H22N2S. The van der Waals surface area contributed by atoms with Gasteiger partial charge >= 0.3 is 0 Å². The largest absolute Gasteiger partial charge is 0.313 e. The van der Waals surface area contributed by atoms with Crippen LogP contribution in [0, 0.1) is 6.92 Å². The van der Waals surface area contributed by atoms with Crippen LogP contribution in [0.25, 0.3) is 0 Å². The number of aryl methyl sites for hydroxylation is 1. The minimum Gasteiger partial charge on any atom is -0.313 e. The van der Waals surface area contributed by atoms with Crippen LogP contribution < -0.4 is 10.6 Å². The maximum atomic E-state index is 3.52. The molecule has 0 bridgehead atoms. The minimum atomic E-state index is 0.523. The first-order valence-electron chi connectivity index (χ1n) is 5.60. The lowest BCUT2D eigenvalue weighted by Gasteiger charge is -2.15. The molecule has 15 heavy (non-hydrogen) atoms. The summed E-state index contributed by atoms with van der Waals surface area (Å²) >= 11 is 1.87. The Balaban J connectivity index is 2.19. The highest BCUT2D eigenvalue weighted by Gasteiger charge is 2.03. The highest BCUT2D eigenvalue weighted by atomic mass is 32.1. The lowest BCUT2D eigenvalue weighted by atomic mass is 10.3. The fourth-order valence-corrected chi connectivity index (χ4v) is 2.18. The van der Waals surface area contributed by atoms with E-state index in [1.165, 1.54) is 9.75 Å². The molecule has 2 nitrogen and oxygen atoms in total. The standard InChI is InChI=1S/C12H22N2S/c1-9(2)13-7-10(3)14-8-12-6-5-11(4)15-12/h5-6,9-10,13-14H,7-8H2,1-4H3. The molecular weight excluding hydrogens is 204 g/mol. The quantitative estimate of drug-likeness (QED) is 0.779. The summed E-state index contributed by atoms with van der Waals surface area (Å²) in [7, 11) is 0. The van der Waals surface area contributed by atoms with Gasteiger partial charge in [0.2, 0.25) is 0 Å². The van der Waals surface area contributed by atoms with Gasteiger partial charge in [0.25, 0.3) is 0 Å². The summed E-state index contributed by atoms with van der Waals surface area (Å²) in [5.74, 6) is 0. The minimum absolute atomic E-state index is 0.523. The molecule has 0 aliphatic rings. The van der Waals surface area contributed by atoms with Crippen molar-refractivity contribution in [3.05, 3.63) is 21.9 Å². The lowest BCUT2D eigenvalue weighted by molar-refractivity contribution is 0.475. The summed E-state index contributed by atoms with van der Waals surface area (Å²) in [5.41, 5.74) is 0. The number of hydrogen-bond acceptors (Lipinski definition) is 3. The molecule has 0 saturated heterocycles. The molecule has 1 atom stereocenters. The Hall–Kier alpha value is -0.380. The van der Waals surface area contributed by atoms with E-state index < -0.39 is 0 Å². The van der Waals surface area contributed by atoms with Crippen LogP contribution in [-0.2, 0) is 6.54 Å². The second-order valence-electron chi connectivity index (χ2n) is 4.36. The van der Waals surface area contributed by atoms with Gasteiger partial charge in [0.1, 0.15) is 0 Å². The lowest BCUT2D eigenvalue weighted by Crippen LogP contribution is -2.38. The smallest absolute Gasteiger partial charge is 0.0302 e. The van der Waals surface area contributed by atoms with Gasteiger partial charge in [0, 0.05) is 34.9 Å². The summed E-state index contributed by atoms with van der Waals surface area (Å²) in [6.07, 6.45) is 0. The van der Waals surface area contributed by atoms with Gasteiger partial charge in [-0.25, -0.2) is 0 Å². The Morgan fingerprint density at radius 3 is 2.47 bits per heavy atom. The molecule has 1 aromatic rings. The zero-order valence-corrected chi connectivity index (χ0v) is 10.9. The highest BCUT2D eigenvalue weighted by molar-refractivity contribution is 7.11. The van der Waals surface area contributed by atoms with Gasteiger partial charge in [-0.3, -0.25) is 0 Å². The van der Waals surface area contributed by atoms with Gasteiger partial charge in [-0.05, 0) is 26.0 Å². The van der Waals surface area contributed by atoms with E-state index in [1.807, 2.05) is 11.3 Å². The van der Waals surface area contributed by atoms with Crippen molar-refractivity contribution in [2.45, 2.75) is 46.3 Å². The highest BCUT2D eigenvalue weighted by Crippen LogP contribution is 2.14. The van der Waals surface area contributed by atoms with E-state index in [-0.39, 0.29) is 0 Å². The third-order valence-electron chi connectivity index (χ3n) is 2.25. The van der Waals surface area contributed by atoms with Crippen LogP contribution in [0.15, 0.2) is 12.1 Å². The van der Waals surface area contributed by atoms with Crippen LogP contribution in [0.5, 0.6) is 0 Å². The molecule has 0 amide bonds. The average molecular weight is 226 g/mol. The molecule has 0 saturated carbocycles.